The Bertz CT molecular complexity index is 1320. The Labute approximate surface area is 186 Å². The Morgan fingerprint density at radius 1 is 1.13 bits per heavy atom. The molecular weight excluding hydrogens is 431 g/mol. The van der Waals surface area contributed by atoms with Gasteiger partial charge in [-0.25, -0.2) is 4.39 Å². The summed E-state index contributed by atoms with van der Waals surface area (Å²) in [4.78, 5) is 29.6. The quantitative estimate of drug-likeness (QED) is 0.425. The average molecular weight is 451 g/mol. The van der Waals surface area contributed by atoms with E-state index < -0.39 is 0 Å². The van der Waals surface area contributed by atoms with E-state index in [2.05, 4.69) is 16.8 Å². The molecule has 0 atom stereocenters. The third-order valence-electron chi connectivity index (χ3n) is 5.64. The molecule has 0 fully saturated rings. The Morgan fingerprint density at radius 3 is 2.81 bits per heavy atom. The second-order valence-corrected chi connectivity index (χ2v) is 9.62. The number of halogens is 1. The zero-order valence-electron chi connectivity index (χ0n) is 16.8. The van der Waals surface area contributed by atoms with Crippen molar-refractivity contribution >= 4 is 50.3 Å². The minimum absolute atomic E-state index is 0.0330. The molecule has 0 aliphatic carbocycles. The van der Waals surface area contributed by atoms with Gasteiger partial charge in [-0.05, 0) is 66.2 Å². The molecule has 4 nitrogen and oxygen atoms in total. The number of carbonyl (C=O) groups is 2. The highest BCUT2D eigenvalue weighted by Crippen LogP contribution is 2.30. The van der Waals surface area contributed by atoms with Crippen LogP contribution in [0.4, 0.5) is 10.1 Å². The van der Waals surface area contributed by atoms with Gasteiger partial charge >= 0.3 is 0 Å². The van der Waals surface area contributed by atoms with Gasteiger partial charge in [0.15, 0.2) is 0 Å². The number of carbonyl (C=O) groups excluding carboxylic acids is 2. The van der Waals surface area contributed by atoms with Crippen molar-refractivity contribution in [2.75, 3.05) is 11.9 Å². The molecule has 0 spiro atoms. The Morgan fingerprint density at radius 2 is 1.97 bits per heavy atom. The predicted octanol–water partition coefficient (Wildman–Crippen LogP) is 5.86. The largest absolute Gasteiger partial charge is 0.334 e. The van der Waals surface area contributed by atoms with Crippen molar-refractivity contribution in [2.45, 2.75) is 19.9 Å². The van der Waals surface area contributed by atoms with Gasteiger partial charge in [-0.3, -0.25) is 9.59 Å². The highest BCUT2D eigenvalue weighted by Gasteiger charge is 2.24. The van der Waals surface area contributed by atoms with Crippen LogP contribution in [0.1, 0.15) is 36.0 Å². The molecule has 0 unspecified atom stereocenters. The van der Waals surface area contributed by atoms with E-state index in [0.29, 0.717) is 34.6 Å². The summed E-state index contributed by atoms with van der Waals surface area (Å²) in [6.45, 7) is 3.14. The third-order valence-corrected chi connectivity index (χ3v) is 7.76. The lowest BCUT2D eigenvalue weighted by Gasteiger charge is -2.28. The maximum atomic E-state index is 14.0. The summed E-state index contributed by atoms with van der Waals surface area (Å²) in [6.07, 6.45) is 0.872. The van der Waals surface area contributed by atoms with Gasteiger partial charge in [0.2, 0.25) is 0 Å². The van der Waals surface area contributed by atoms with Crippen molar-refractivity contribution in [3.8, 4) is 0 Å². The van der Waals surface area contributed by atoms with Crippen LogP contribution >= 0.6 is 22.7 Å². The number of benzene rings is 2. The summed E-state index contributed by atoms with van der Waals surface area (Å²) >= 11 is 2.99. The molecular formula is C24H19FN2O2S2. The molecule has 0 saturated carbocycles. The SMILES string of the molecule is Cc1c(NC(=O)c2cc3c(F)cccc3s2)cccc1C(=O)N1CCc2sccc2C1. The Balaban J connectivity index is 1.38. The Hall–Kier alpha value is -3.03. The molecule has 156 valence electrons. The van der Waals surface area contributed by atoms with Crippen LogP contribution in [-0.4, -0.2) is 23.3 Å². The van der Waals surface area contributed by atoms with E-state index in [0.717, 1.165) is 16.7 Å². The molecule has 1 aliphatic rings. The number of fused-ring (bicyclic) bond motifs is 2. The second-order valence-electron chi connectivity index (χ2n) is 7.54. The summed E-state index contributed by atoms with van der Waals surface area (Å²) in [5, 5.41) is 5.41. The third kappa shape index (κ3) is 3.64. The van der Waals surface area contributed by atoms with Gasteiger partial charge in [-0.1, -0.05) is 12.1 Å². The molecule has 3 heterocycles. The predicted molar refractivity (Wildman–Crippen MR) is 124 cm³/mol. The number of nitrogens with one attached hydrogen (secondary N) is 1. The van der Waals surface area contributed by atoms with Crippen LogP contribution in [0.2, 0.25) is 0 Å². The van der Waals surface area contributed by atoms with Crippen LogP contribution in [0.3, 0.4) is 0 Å². The molecule has 1 aliphatic heterocycles. The number of nitrogens with zero attached hydrogens (tertiary/aromatic N) is 1. The van der Waals surface area contributed by atoms with E-state index in [-0.39, 0.29) is 17.6 Å². The first-order valence-corrected chi connectivity index (χ1v) is 11.6. The summed E-state index contributed by atoms with van der Waals surface area (Å²) in [6, 6.07) is 13.8. The summed E-state index contributed by atoms with van der Waals surface area (Å²) < 4.78 is 14.7. The fraction of sp³-hybridized carbons (Fsp3) is 0.167. The summed E-state index contributed by atoms with van der Waals surface area (Å²) in [7, 11) is 0. The molecule has 2 amide bonds. The van der Waals surface area contributed by atoms with Crippen LogP contribution in [0.5, 0.6) is 0 Å². The normalized spacial score (nSPS) is 13.3. The fourth-order valence-electron chi connectivity index (χ4n) is 3.92. The molecule has 1 N–H and O–H groups in total. The van der Waals surface area contributed by atoms with Crippen molar-refractivity contribution < 1.29 is 14.0 Å². The minimum Gasteiger partial charge on any atom is -0.334 e. The van der Waals surface area contributed by atoms with Crippen LogP contribution < -0.4 is 5.32 Å². The molecule has 2 aromatic carbocycles. The first-order valence-electron chi connectivity index (χ1n) is 9.95. The maximum Gasteiger partial charge on any atom is 0.265 e. The number of anilines is 1. The lowest BCUT2D eigenvalue weighted by molar-refractivity contribution is 0.0735. The van der Waals surface area contributed by atoms with Gasteiger partial charge in [0.05, 0.1) is 4.88 Å². The van der Waals surface area contributed by atoms with E-state index in [4.69, 9.17) is 0 Å². The van der Waals surface area contributed by atoms with E-state index in [9.17, 15) is 14.0 Å². The van der Waals surface area contributed by atoms with Crippen molar-refractivity contribution in [3.63, 3.8) is 0 Å². The van der Waals surface area contributed by atoms with Crippen molar-refractivity contribution in [1.29, 1.82) is 0 Å². The number of amides is 2. The molecule has 31 heavy (non-hydrogen) atoms. The fourth-order valence-corrected chi connectivity index (χ4v) is 5.78. The highest BCUT2D eigenvalue weighted by atomic mass is 32.1. The molecule has 7 heteroatoms. The smallest absolute Gasteiger partial charge is 0.265 e. The van der Waals surface area contributed by atoms with E-state index in [1.165, 1.54) is 27.8 Å². The highest BCUT2D eigenvalue weighted by molar-refractivity contribution is 7.20. The zero-order chi connectivity index (χ0) is 21.5. The maximum absolute atomic E-state index is 14.0. The molecule has 4 aromatic rings. The Kier molecular flexibility index (Phi) is 5.08. The van der Waals surface area contributed by atoms with Gasteiger partial charge in [-0.2, -0.15) is 0 Å². The molecule has 0 radical (unpaired) electrons. The first-order chi connectivity index (χ1) is 15.0. The lowest BCUT2D eigenvalue weighted by atomic mass is 10.0. The van der Waals surface area contributed by atoms with Gasteiger partial charge in [0.1, 0.15) is 5.82 Å². The van der Waals surface area contributed by atoms with Gasteiger partial charge in [-0.15, -0.1) is 22.7 Å². The van der Waals surface area contributed by atoms with Crippen molar-refractivity contribution in [2.24, 2.45) is 0 Å². The zero-order valence-corrected chi connectivity index (χ0v) is 18.4. The molecule has 2 aromatic heterocycles. The van der Waals surface area contributed by atoms with E-state index in [1.54, 1.807) is 47.7 Å². The molecule has 0 saturated heterocycles. The number of thiophene rings is 2. The molecule has 5 rings (SSSR count). The minimum atomic E-state index is -0.341. The summed E-state index contributed by atoms with van der Waals surface area (Å²) in [5.74, 6) is -0.685. The standard InChI is InChI=1S/C24H19FN2O2S2/c1-14-16(24(29)27-10-8-20-15(13-27)9-11-30-20)4-2-6-19(14)26-23(28)22-12-17-18(25)5-3-7-21(17)31-22/h2-7,9,11-12H,8,10,13H2,1H3,(H,26,28). The van der Waals surface area contributed by atoms with Gasteiger partial charge in [0.25, 0.3) is 11.8 Å². The number of hydrogen-bond acceptors (Lipinski definition) is 4. The summed E-state index contributed by atoms with van der Waals surface area (Å²) in [5.41, 5.74) is 3.11. The lowest BCUT2D eigenvalue weighted by Crippen LogP contribution is -2.35. The van der Waals surface area contributed by atoms with E-state index in [1.807, 2.05) is 11.8 Å². The van der Waals surface area contributed by atoms with Crippen molar-refractivity contribution in [1.82, 2.24) is 4.90 Å². The average Bonchev–Trinajstić information content (AvgIpc) is 3.42. The number of rotatable bonds is 3. The monoisotopic (exact) mass is 450 g/mol. The van der Waals surface area contributed by atoms with Crippen LogP contribution in [0.25, 0.3) is 10.1 Å². The van der Waals surface area contributed by atoms with Crippen LogP contribution in [-0.2, 0) is 13.0 Å². The van der Waals surface area contributed by atoms with E-state index >= 15 is 0 Å². The van der Waals surface area contributed by atoms with Gasteiger partial charge in [0, 0.05) is 39.3 Å². The first kappa shape index (κ1) is 19.9. The van der Waals surface area contributed by atoms with Crippen LogP contribution in [0.15, 0.2) is 53.9 Å². The van der Waals surface area contributed by atoms with Crippen molar-refractivity contribution in [3.05, 3.63) is 86.2 Å². The number of hydrogen-bond donors (Lipinski definition) is 1. The van der Waals surface area contributed by atoms with Crippen LogP contribution in [0, 0.1) is 12.7 Å². The molecule has 0 bridgehead atoms. The topological polar surface area (TPSA) is 49.4 Å². The second kappa shape index (κ2) is 7.90. The van der Waals surface area contributed by atoms with Gasteiger partial charge < -0.3 is 10.2 Å².